The van der Waals surface area contributed by atoms with Crippen LogP contribution in [0, 0.1) is 12.8 Å². The molecule has 0 saturated heterocycles. The number of nitrogens with zero attached hydrogens (tertiary/aromatic N) is 1. The van der Waals surface area contributed by atoms with Gasteiger partial charge in [-0.25, -0.2) is 0 Å². The molecule has 118 valence electrons. The van der Waals surface area contributed by atoms with E-state index in [4.69, 9.17) is 10.5 Å². The van der Waals surface area contributed by atoms with Gasteiger partial charge < -0.3 is 15.4 Å². The zero-order valence-electron chi connectivity index (χ0n) is 12.7. The SMILES string of the molecule is Cc1ccc(OCCN(C)C(=O)C2CCC(N)C2)cc1.Cl. The van der Waals surface area contributed by atoms with Crippen molar-refractivity contribution in [1.82, 2.24) is 4.90 Å². The summed E-state index contributed by atoms with van der Waals surface area (Å²) in [7, 11) is 1.84. The Morgan fingerprint density at radius 1 is 1.33 bits per heavy atom. The van der Waals surface area contributed by atoms with Gasteiger partial charge in [0.15, 0.2) is 0 Å². The van der Waals surface area contributed by atoms with E-state index in [1.165, 1.54) is 5.56 Å². The lowest BCUT2D eigenvalue weighted by molar-refractivity contribution is -0.134. The minimum absolute atomic E-state index is 0. The number of ether oxygens (including phenoxy) is 1. The maximum Gasteiger partial charge on any atom is 0.225 e. The van der Waals surface area contributed by atoms with E-state index >= 15 is 0 Å². The summed E-state index contributed by atoms with van der Waals surface area (Å²) in [5.74, 6) is 1.15. The highest BCUT2D eigenvalue weighted by Crippen LogP contribution is 2.25. The molecule has 2 unspecified atom stereocenters. The van der Waals surface area contributed by atoms with Gasteiger partial charge in [0, 0.05) is 19.0 Å². The predicted molar refractivity (Wildman–Crippen MR) is 86.9 cm³/mol. The number of rotatable bonds is 5. The Morgan fingerprint density at radius 2 is 2.00 bits per heavy atom. The van der Waals surface area contributed by atoms with E-state index < -0.39 is 0 Å². The summed E-state index contributed by atoms with van der Waals surface area (Å²) in [6, 6.07) is 8.13. The van der Waals surface area contributed by atoms with E-state index in [2.05, 4.69) is 0 Å². The number of hydrogen-bond donors (Lipinski definition) is 1. The lowest BCUT2D eigenvalue weighted by atomic mass is 10.1. The van der Waals surface area contributed by atoms with Crippen LogP contribution in [0.5, 0.6) is 5.75 Å². The van der Waals surface area contributed by atoms with Crippen molar-refractivity contribution in [3.05, 3.63) is 29.8 Å². The Kier molecular flexibility index (Phi) is 6.99. The monoisotopic (exact) mass is 312 g/mol. The van der Waals surface area contributed by atoms with Crippen LogP contribution >= 0.6 is 12.4 Å². The molecule has 1 aliphatic carbocycles. The van der Waals surface area contributed by atoms with Crippen molar-refractivity contribution in [3.8, 4) is 5.75 Å². The quantitative estimate of drug-likeness (QED) is 0.908. The smallest absolute Gasteiger partial charge is 0.225 e. The highest BCUT2D eigenvalue weighted by atomic mass is 35.5. The van der Waals surface area contributed by atoms with Crippen LogP contribution in [-0.4, -0.2) is 37.0 Å². The van der Waals surface area contributed by atoms with E-state index in [0.29, 0.717) is 13.2 Å². The van der Waals surface area contributed by atoms with Crippen LogP contribution in [-0.2, 0) is 4.79 Å². The number of likely N-dealkylation sites (N-methyl/N-ethyl adjacent to an activating group) is 1. The number of carbonyl (C=O) groups is 1. The summed E-state index contributed by atoms with van der Waals surface area (Å²) in [6.45, 7) is 3.17. The van der Waals surface area contributed by atoms with Gasteiger partial charge >= 0.3 is 0 Å². The van der Waals surface area contributed by atoms with Gasteiger partial charge in [-0.2, -0.15) is 0 Å². The topological polar surface area (TPSA) is 55.6 Å². The number of amides is 1. The number of benzene rings is 1. The molecule has 21 heavy (non-hydrogen) atoms. The lowest BCUT2D eigenvalue weighted by Gasteiger charge is -2.21. The maximum absolute atomic E-state index is 12.2. The van der Waals surface area contributed by atoms with E-state index in [9.17, 15) is 4.79 Å². The molecule has 0 aliphatic heterocycles. The molecule has 0 aromatic heterocycles. The second-order valence-corrected chi connectivity index (χ2v) is 5.69. The van der Waals surface area contributed by atoms with E-state index in [1.54, 1.807) is 4.90 Å². The fourth-order valence-electron chi connectivity index (χ4n) is 2.60. The van der Waals surface area contributed by atoms with Crippen molar-refractivity contribution in [3.63, 3.8) is 0 Å². The standard InChI is InChI=1S/C16H24N2O2.ClH/c1-12-3-7-15(8-4-12)20-10-9-18(2)16(19)13-5-6-14(17)11-13;/h3-4,7-8,13-14H,5-6,9-11,17H2,1-2H3;1H. The minimum Gasteiger partial charge on any atom is -0.492 e. The highest BCUT2D eigenvalue weighted by molar-refractivity contribution is 5.85. The number of nitrogens with two attached hydrogens (primary N) is 1. The van der Waals surface area contributed by atoms with Crippen LogP contribution in [0.25, 0.3) is 0 Å². The van der Waals surface area contributed by atoms with Gasteiger partial charge in [-0.3, -0.25) is 4.79 Å². The third kappa shape index (κ3) is 5.21. The Balaban J connectivity index is 0.00000220. The molecule has 4 nitrogen and oxygen atoms in total. The molecule has 0 spiro atoms. The predicted octanol–water partition coefficient (Wildman–Crippen LogP) is 2.38. The molecule has 1 saturated carbocycles. The third-order valence-electron chi connectivity index (χ3n) is 3.92. The summed E-state index contributed by atoms with van der Waals surface area (Å²) in [5, 5.41) is 0. The second-order valence-electron chi connectivity index (χ2n) is 5.69. The van der Waals surface area contributed by atoms with Gasteiger partial charge in [0.2, 0.25) is 5.91 Å². The number of hydrogen-bond acceptors (Lipinski definition) is 3. The summed E-state index contributed by atoms with van der Waals surface area (Å²) in [4.78, 5) is 14.0. The maximum atomic E-state index is 12.2. The van der Waals surface area contributed by atoms with Gasteiger partial charge in [0.25, 0.3) is 0 Å². The number of aryl methyl sites for hydroxylation is 1. The largest absolute Gasteiger partial charge is 0.492 e. The first-order chi connectivity index (χ1) is 9.56. The second kappa shape index (κ2) is 8.25. The number of halogens is 1. The Labute approximate surface area is 133 Å². The molecular weight excluding hydrogens is 288 g/mol. The average Bonchev–Trinajstić information content (AvgIpc) is 2.86. The van der Waals surface area contributed by atoms with Gasteiger partial charge in [-0.05, 0) is 38.3 Å². The molecule has 2 N–H and O–H groups in total. The number of carbonyl (C=O) groups excluding carboxylic acids is 1. The minimum atomic E-state index is 0. The molecule has 1 amide bonds. The lowest BCUT2D eigenvalue weighted by Crippen LogP contribution is -2.35. The molecule has 1 aliphatic rings. The van der Waals surface area contributed by atoms with Crippen LogP contribution in [0.3, 0.4) is 0 Å². The van der Waals surface area contributed by atoms with Crippen molar-refractivity contribution >= 4 is 18.3 Å². The zero-order valence-corrected chi connectivity index (χ0v) is 13.6. The van der Waals surface area contributed by atoms with Crippen LogP contribution in [0.1, 0.15) is 24.8 Å². The molecule has 0 radical (unpaired) electrons. The van der Waals surface area contributed by atoms with Crippen molar-refractivity contribution in [2.24, 2.45) is 11.7 Å². The van der Waals surface area contributed by atoms with Crippen molar-refractivity contribution in [1.29, 1.82) is 0 Å². The normalized spacial score (nSPS) is 20.7. The fourth-order valence-corrected chi connectivity index (χ4v) is 2.60. The fraction of sp³-hybridized carbons (Fsp3) is 0.562. The van der Waals surface area contributed by atoms with E-state index in [-0.39, 0.29) is 30.3 Å². The molecule has 0 heterocycles. The third-order valence-corrected chi connectivity index (χ3v) is 3.92. The van der Waals surface area contributed by atoms with Gasteiger partial charge in [0.1, 0.15) is 12.4 Å². The summed E-state index contributed by atoms with van der Waals surface area (Å²) < 4.78 is 5.65. The van der Waals surface area contributed by atoms with Crippen LogP contribution in [0.2, 0.25) is 0 Å². The van der Waals surface area contributed by atoms with Crippen molar-refractivity contribution in [2.45, 2.75) is 32.2 Å². The molecule has 1 aromatic rings. The van der Waals surface area contributed by atoms with Crippen LogP contribution < -0.4 is 10.5 Å². The first-order valence-electron chi connectivity index (χ1n) is 7.26. The van der Waals surface area contributed by atoms with E-state index in [1.807, 2.05) is 38.2 Å². The van der Waals surface area contributed by atoms with E-state index in [0.717, 1.165) is 25.0 Å². The molecule has 2 rings (SSSR count). The van der Waals surface area contributed by atoms with Crippen LogP contribution in [0.15, 0.2) is 24.3 Å². The first kappa shape index (κ1) is 17.8. The Bertz CT molecular complexity index is 450. The summed E-state index contributed by atoms with van der Waals surface area (Å²) in [5.41, 5.74) is 7.07. The molecule has 5 heteroatoms. The molecule has 0 bridgehead atoms. The highest BCUT2D eigenvalue weighted by Gasteiger charge is 2.29. The zero-order chi connectivity index (χ0) is 14.5. The van der Waals surface area contributed by atoms with Crippen LogP contribution in [0.4, 0.5) is 0 Å². The Morgan fingerprint density at radius 3 is 2.57 bits per heavy atom. The summed E-state index contributed by atoms with van der Waals surface area (Å²) >= 11 is 0. The molecule has 1 fully saturated rings. The summed E-state index contributed by atoms with van der Waals surface area (Å²) in [6.07, 6.45) is 2.70. The molecule has 1 aromatic carbocycles. The van der Waals surface area contributed by atoms with Gasteiger partial charge in [0.05, 0.1) is 6.54 Å². The van der Waals surface area contributed by atoms with Gasteiger partial charge in [-0.15, -0.1) is 12.4 Å². The van der Waals surface area contributed by atoms with Gasteiger partial charge in [-0.1, -0.05) is 17.7 Å². The first-order valence-corrected chi connectivity index (χ1v) is 7.26. The van der Waals surface area contributed by atoms with Crippen molar-refractivity contribution in [2.75, 3.05) is 20.2 Å². The molecular formula is C16H25ClN2O2. The van der Waals surface area contributed by atoms with Crippen molar-refractivity contribution < 1.29 is 9.53 Å². The average molecular weight is 313 g/mol. The Hall–Kier alpha value is -1.26. The molecule has 2 atom stereocenters.